The van der Waals surface area contributed by atoms with Crippen LogP contribution in [0.5, 0.6) is 0 Å². The Balaban J connectivity index is 2.20. The summed E-state index contributed by atoms with van der Waals surface area (Å²) in [7, 11) is 0. The van der Waals surface area contributed by atoms with Crippen LogP contribution in [0, 0.1) is 12.8 Å². The van der Waals surface area contributed by atoms with Crippen LogP contribution in [0.4, 0.5) is 0 Å². The van der Waals surface area contributed by atoms with Gasteiger partial charge in [-0.1, -0.05) is 29.8 Å². The van der Waals surface area contributed by atoms with Crippen molar-refractivity contribution in [1.29, 1.82) is 0 Å². The lowest BCUT2D eigenvalue weighted by molar-refractivity contribution is -0.159. The largest absolute Gasteiger partial charge is 0.466 e. The number of aryl methyl sites for hydroxylation is 1. The van der Waals surface area contributed by atoms with Crippen molar-refractivity contribution in [1.82, 2.24) is 10.2 Å². The highest BCUT2D eigenvalue weighted by molar-refractivity contribution is 5.77. The van der Waals surface area contributed by atoms with Gasteiger partial charge in [-0.25, -0.2) is 0 Å². The molecule has 24 heavy (non-hydrogen) atoms. The van der Waals surface area contributed by atoms with Crippen molar-refractivity contribution in [2.45, 2.75) is 38.7 Å². The Hall–Kier alpha value is -2.34. The molecule has 3 N–H and O–H groups in total. The Morgan fingerprint density at radius 2 is 2.00 bits per heavy atom. The van der Waals surface area contributed by atoms with Crippen LogP contribution in [0.2, 0.25) is 0 Å². The number of hydrogen-bond donors (Lipinski definition) is 3. The average molecular weight is 330 g/mol. The number of benzene rings is 1. The molecule has 128 valence electrons. The normalized spacial score (nSPS) is 26.0. The molecule has 0 amide bonds. The minimum atomic E-state index is -1.32. The number of carbonyl (C=O) groups excluding carboxylic acids is 1. The minimum Gasteiger partial charge on any atom is -0.466 e. The third-order valence-electron chi connectivity index (χ3n) is 4.72. The fourth-order valence-corrected chi connectivity index (χ4v) is 3.62. The van der Waals surface area contributed by atoms with E-state index in [2.05, 4.69) is 10.2 Å². The van der Waals surface area contributed by atoms with Crippen LogP contribution < -0.4 is 5.56 Å². The van der Waals surface area contributed by atoms with E-state index in [0.29, 0.717) is 11.3 Å². The van der Waals surface area contributed by atoms with Crippen molar-refractivity contribution in [3.05, 3.63) is 57.0 Å². The molecule has 0 saturated carbocycles. The van der Waals surface area contributed by atoms with E-state index in [1.54, 1.807) is 13.8 Å². The van der Waals surface area contributed by atoms with E-state index < -0.39 is 23.4 Å². The van der Waals surface area contributed by atoms with Gasteiger partial charge in [0, 0.05) is 23.6 Å². The smallest absolute Gasteiger partial charge is 0.312 e. The first kappa shape index (κ1) is 16.5. The molecular formula is C18H22N2O4. The number of aromatic nitrogens is 2. The highest BCUT2D eigenvalue weighted by Crippen LogP contribution is 2.44. The van der Waals surface area contributed by atoms with Crippen LogP contribution in [-0.2, 0) is 16.0 Å². The van der Waals surface area contributed by atoms with Crippen molar-refractivity contribution in [3.63, 3.8) is 0 Å². The molecule has 0 spiro atoms. The number of H-pyrrole nitrogens is 2. The number of nitrogens with one attached hydrogen (secondary N) is 2. The van der Waals surface area contributed by atoms with Gasteiger partial charge < -0.3 is 14.9 Å². The summed E-state index contributed by atoms with van der Waals surface area (Å²) in [6, 6.07) is 7.65. The average Bonchev–Trinajstić information content (AvgIpc) is 2.86. The van der Waals surface area contributed by atoms with Crippen molar-refractivity contribution in [2.75, 3.05) is 6.61 Å². The molecule has 0 fully saturated rings. The Morgan fingerprint density at radius 3 is 2.62 bits per heavy atom. The van der Waals surface area contributed by atoms with E-state index in [4.69, 9.17) is 4.74 Å². The Bertz CT molecular complexity index is 801. The van der Waals surface area contributed by atoms with Gasteiger partial charge in [0.05, 0.1) is 18.1 Å². The SMILES string of the molecule is CCOC(=O)[C@@H]1[C@H](c2ccc(C)cc2)c2c([nH][nH]c2=O)C[C@]1(C)O. The lowest BCUT2D eigenvalue weighted by Crippen LogP contribution is -2.50. The topological polar surface area (TPSA) is 95.2 Å². The molecule has 6 nitrogen and oxygen atoms in total. The fraction of sp³-hybridized carbons (Fsp3) is 0.444. The number of rotatable bonds is 3. The first-order chi connectivity index (χ1) is 11.3. The van der Waals surface area contributed by atoms with E-state index in [-0.39, 0.29) is 18.6 Å². The minimum absolute atomic E-state index is 0.187. The summed E-state index contributed by atoms with van der Waals surface area (Å²) in [6.07, 6.45) is 0.187. The zero-order valence-electron chi connectivity index (χ0n) is 14.1. The number of aliphatic hydroxyl groups is 1. The van der Waals surface area contributed by atoms with Gasteiger partial charge in [-0.2, -0.15) is 0 Å². The molecule has 3 rings (SSSR count). The molecule has 1 aliphatic rings. The Morgan fingerprint density at radius 1 is 1.33 bits per heavy atom. The fourth-order valence-electron chi connectivity index (χ4n) is 3.62. The highest BCUT2D eigenvalue weighted by atomic mass is 16.5. The van der Waals surface area contributed by atoms with E-state index in [1.807, 2.05) is 31.2 Å². The van der Waals surface area contributed by atoms with Gasteiger partial charge in [-0.3, -0.25) is 14.7 Å². The Labute approximate surface area is 139 Å². The lowest BCUT2D eigenvalue weighted by Gasteiger charge is -2.40. The highest BCUT2D eigenvalue weighted by Gasteiger charge is 2.51. The summed E-state index contributed by atoms with van der Waals surface area (Å²) in [5.74, 6) is -1.89. The molecule has 1 aromatic carbocycles. The summed E-state index contributed by atoms with van der Waals surface area (Å²) in [4.78, 5) is 24.9. The van der Waals surface area contributed by atoms with Crippen LogP contribution in [0.25, 0.3) is 0 Å². The van der Waals surface area contributed by atoms with Crippen molar-refractivity contribution in [2.24, 2.45) is 5.92 Å². The molecule has 1 aromatic heterocycles. The second kappa shape index (κ2) is 5.94. The van der Waals surface area contributed by atoms with Crippen molar-refractivity contribution < 1.29 is 14.6 Å². The maximum atomic E-state index is 12.6. The second-order valence-corrected chi connectivity index (χ2v) is 6.62. The summed E-state index contributed by atoms with van der Waals surface area (Å²) < 4.78 is 5.20. The van der Waals surface area contributed by atoms with E-state index >= 15 is 0 Å². The van der Waals surface area contributed by atoms with Crippen LogP contribution in [0.15, 0.2) is 29.1 Å². The van der Waals surface area contributed by atoms with Crippen molar-refractivity contribution in [3.8, 4) is 0 Å². The van der Waals surface area contributed by atoms with Gasteiger partial charge in [-0.05, 0) is 26.3 Å². The Kier molecular flexibility index (Phi) is 4.09. The summed E-state index contributed by atoms with van der Waals surface area (Å²) >= 11 is 0. The van der Waals surface area contributed by atoms with Gasteiger partial charge in [0.15, 0.2) is 0 Å². The van der Waals surface area contributed by atoms with Gasteiger partial charge in [-0.15, -0.1) is 0 Å². The summed E-state index contributed by atoms with van der Waals surface area (Å²) in [5.41, 5.74) is 1.45. The van der Waals surface area contributed by atoms with Crippen LogP contribution >= 0.6 is 0 Å². The van der Waals surface area contributed by atoms with Gasteiger partial charge in [0.1, 0.15) is 0 Å². The molecule has 0 unspecified atom stereocenters. The number of esters is 1. The first-order valence-corrected chi connectivity index (χ1v) is 8.10. The zero-order chi connectivity index (χ0) is 17.5. The molecule has 2 aromatic rings. The molecule has 1 heterocycles. The molecule has 0 aliphatic heterocycles. The molecule has 0 bridgehead atoms. The molecule has 3 atom stereocenters. The van der Waals surface area contributed by atoms with E-state index in [0.717, 1.165) is 11.1 Å². The van der Waals surface area contributed by atoms with E-state index in [1.165, 1.54) is 0 Å². The number of ether oxygens (including phenoxy) is 1. The molecule has 0 radical (unpaired) electrons. The maximum Gasteiger partial charge on any atom is 0.312 e. The first-order valence-electron chi connectivity index (χ1n) is 8.10. The van der Waals surface area contributed by atoms with Crippen molar-refractivity contribution >= 4 is 5.97 Å². The van der Waals surface area contributed by atoms with Gasteiger partial charge in [0.2, 0.25) is 0 Å². The lowest BCUT2D eigenvalue weighted by atomic mass is 9.66. The molecule has 0 saturated heterocycles. The van der Waals surface area contributed by atoms with Crippen LogP contribution in [-0.4, -0.2) is 33.5 Å². The third-order valence-corrected chi connectivity index (χ3v) is 4.72. The second-order valence-electron chi connectivity index (χ2n) is 6.62. The zero-order valence-corrected chi connectivity index (χ0v) is 14.1. The quantitative estimate of drug-likeness (QED) is 0.746. The number of carbonyl (C=O) groups is 1. The predicted molar refractivity (Wildman–Crippen MR) is 88.9 cm³/mol. The molecular weight excluding hydrogens is 308 g/mol. The van der Waals surface area contributed by atoms with Gasteiger partial charge >= 0.3 is 5.97 Å². The number of fused-ring (bicyclic) bond motifs is 1. The summed E-state index contributed by atoms with van der Waals surface area (Å²) in [6.45, 7) is 5.54. The monoisotopic (exact) mass is 330 g/mol. The van der Waals surface area contributed by atoms with Gasteiger partial charge in [0.25, 0.3) is 5.56 Å². The molecule has 1 aliphatic carbocycles. The van der Waals surface area contributed by atoms with Crippen LogP contribution in [0.3, 0.4) is 0 Å². The standard InChI is InChI=1S/C18H22N2O4/c1-4-24-17(22)15-13(11-7-5-10(2)6-8-11)14-12(9-18(15,3)23)19-20-16(14)21/h5-8,13,15,23H,4,9H2,1-3H3,(H2,19,20,21)/t13-,15+,18+/m1/s1. The molecule has 6 heteroatoms. The third kappa shape index (κ3) is 2.67. The van der Waals surface area contributed by atoms with Crippen LogP contribution in [0.1, 0.15) is 42.1 Å². The number of hydrogen-bond acceptors (Lipinski definition) is 4. The summed E-state index contributed by atoms with van der Waals surface area (Å²) in [5, 5.41) is 16.3. The maximum absolute atomic E-state index is 12.6. The van der Waals surface area contributed by atoms with E-state index in [9.17, 15) is 14.7 Å². The predicted octanol–water partition coefficient (Wildman–Crippen LogP) is 1.63. The number of aromatic amines is 2.